The van der Waals surface area contributed by atoms with Gasteiger partial charge in [-0.3, -0.25) is 0 Å². The largest absolute Gasteiger partial charge is 0.377 e. The van der Waals surface area contributed by atoms with Gasteiger partial charge in [-0.25, -0.2) is 4.39 Å². The van der Waals surface area contributed by atoms with Gasteiger partial charge in [0, 0.05) is 18.7 Å². The molecule has 0 aliphatic carbocycles. The quantitative estimate of drug-likeness (QED) is 0.872. The summed E-state index contributed by atoms with van der Waals surface area (Å²) in [5.41, 5.74) is 2.14. The van der Waals surface area contributed by atoms with E-state index in [0.717, 1.165) is 24.2 Å². The van der Waals surface area contributed by atoms with Gasteiger partial charge in [-0.1, -0.05) is 6.07 Å². The third kappa shape index (κ3) is 2.67. The summed E-state index contributed by atoms with van der Waals surface area (Å²) in [5, 5.41) is 3.50. The molecule has 1 heterocycles. The first kappa shape index (κ1) is 12.5. The van der Waals surface area contributed by atoms with Crippen LogP contribution < -0.4 is 5.32 Å². The zero-order valence-corrected chi connectivity index (χ0v) is 10.7. The van der Waals surface area contributed by atoms with Crippen molar-refractivity contribution in [2.75, 3.05) is 6.61 Å². The summed E-state index contributed by atoms with van der Waals surface area (Å²) < 4.78 is 18.7. The number of aryl methyl sites for hydroxylation is 1. The van der Waals surface area contributed by atoms with Crippen molar-refractivity contribution in [1.29, 1.82) is 0 Å². The molecule has 2 atom stereocenters. The average molecular weight is 237 g/mol. The number of benzene rings is 1. The predicted octanol–water partition coefficient (Wildman–Crippen LogP) is 2.79. The topological polar surface area (TPSA) is 21.3 Å². The molecule has 0 bridgehead atoms. The van der Waals surface area contributed by atoms with E-state index in [0.29, 0.717) is 6.54 Å². The van der Waals surface area contributed by atoms with Gasteiger partial charge in [-0.05, 0) is 50.5 Å². The van der Waals surface area contributed by atoms with E-state index in [-0.39, 0.29) is 17.5 Å². The van der Waals surface area contributed by atoms with Crippen molar-refractivity contribution in [2.24, 2.45) is 0 Å². The highest BCUT2D eigenvalue weighted by molar-refractivity contribution is 5.26. The Morgan fingerprint density at radius 1 is 1.53 bits per heavy atom. The summed E-state index contributed by atoms with van der Waals surface area (Å²) in [6.45, 7) is 7.74. The van der Waals surface area contributed by atoms with Crippen LogP contribution in [-0.2, 0) is 11.3 Å². The lowest BCUT2D eigenvalue weighted by molar-refractivity contribution is 0.0881. The minimum Gasteiger partial charge on any atom is -0.377 e. The summed E-state index contributed by atoms with van der Waals surface area (Å²) in [6, 6.07) is 4.93. The van der Waals surface area contributed by atoms with E-state index in [1.54, 1.807) is 6.07 Å². The third-order valence-electron chi connectivity index (χ3n) is 3.88. The van der Waals surface area contributed by atoms with Gasteiger partial charge in [0.15, 0.2) is 0 Å². The van der Waals surface area contributed by atoms with Crippen LogP contribution in [0, 0.1) is 12.7 Å². The summed E-state index contributed by atoms with van der Waals surface area (Å²) in [6.07, 6.45) is 1.21. The number of rotatable bonds is 3. The summed E-state index contributed by atoms with van der Waals surface area (Å²) >= 11 is 0. The second kappa shape index (κ2) is 4.75. The van der Waals surface area contributed by atoms with Gasteiger partial charge in [-0.15, -0.1) is 0 Å². The summed E-state index contributed by atoms with van der Waals surface area (Å²) in [4.78, 5) is 0. The van der Waals surface area contributed by atoms with Crippen molar-refractivity contribution in [3.05, 3.63) is 35.1 Å². The first-order valence-corrected chi connectivity index (χ1v) is 6.13. The molecular weight excluding hydrogens is 217 g/mol. The highest BCUT2D eigenvalue weighted by Gasteiger charge is 2.36. The van der Waals surface area contributed by atoms with Crippen LogP contribution in [0.4, 0.5) is 4.39 Å². The molecule has 3 heteroatoms. The highest BCUT2D eigenvalue weighted by atomic mass is 19.1. The van der Waals surface area contributed by atoms with Crippen molar-refractivity contribution in [3.8, 4) is 0 Å². The SMILES string of the molecule is Cc1ccc(F)cc1CNC1(C)CCOC1C. The molecule has 1 aromatic carbocycles. The Bertz CT molecular complexity index is 407. The lowest BCUT2D eigenvalue weighted by Crippen LogP contribution is -2.47. The number of hydrogen-bond donors (Lipinski definition) is 1. The normalized spacial score (nSPS) is 28.6. The first-order valence-electron chi connectivity index (χ1n) is 6.13. The van der Waals surface area contributed by atoms with E-state index in [4.69, 9.17) is 4.74 Å². The van der Waals surface area contributed by atoms with Crippen LogP contribution in [0.1, 0.15) is 31.4 Å². The fourth-order valence-electron chi connectivity index (χ4n) is 2.19. The smallest absolute Gasteiger partial charge is 0.123 e. The molecule has 2 unspecified atom stereocenters. The van der Waals surface area contributed by atoms with E-state index >= 15 is 0 Å². The molecule has 0 aromatic heterocycles. The van der Waals surface area contributed by atoms with Gasteiger partial charge in [0.2, 0.25) is 0 Å². The molecular formula is C14H20FNO. The minimum absolute atomic E-state index is 0.00123. The lowest BCUT2D eigenvalue weighted by atomic mass is 9.94. The molecule has 17 heavy (non-hydrogen) atoms. The van der Waals surface area contributed by atoms with Crippen LogP contribution in [-0.4, -0.2) is 18.2 Å². The van der Waals surface area contributed by atoms with Crippen LogP contribution in [0.3, 0.4) is 0 Å². The molecule has 1 fully saturated rings. The van der Waals surface area contributed by atoms with Gasteiger partial charge >= 0.3 is 0 Å². The molecule has 2 rings (SSSR count). The van der Waals surface area contributed by atoms with Gasteiger partial charge in [0.05, 0.1) is 6.10 Å². The van der Waals surface area contributed by atoms with Crippen LogP contribution in [0.2, 0.25) is 0 Å². The van der Waals surface area contributed by atoms with Crippen molar-refractivity contribution in [3.63, 3.8) is 0 Å². The van der Waals surface area contributed by atoms with E-state index in [1.165, 1.54) is 6.07 Å². The van der Waals surface area contributed by atoms with Crippen molar-refractivity contribution >= 4 is 0 Å². The number of ether oxygens (including phenoxy) is 1. The third-order valence-corrected chi connectivity index (χ3v) is 3.88. The monoisotopic (exact) mass is 237 g/mol. The molecule has 0 amide bonds. The molecule has 0 spiro atoms. The van der Waals surface area contributed by atoms with Crippen LogP contribution in [0.25, 0.3) is 0 Å². The maximum Gasteiger partial charge on any atom is 0.123 e. The molecule has 0 radical (unpaired) electrons. The van der Waals surface area contributed by atoms with Crippen molar-refractivity contribution < 1.29 is 9.13 Å². The second-order valence-corrected chi connectivity index (χ2v) is 5.10. The van der Waals surface area contributed by atoms with Crippen LogP contribution in [0.5, 0.6) is 0 Å². The van der Waals surface area contributed by atoms with Crippen LogP contribution in [0.15, 0.2) is 18.2 Å². The molecule has 94 valence electrons. The van der Waals surface area contributed by atoms with Gasteiger partial charge in [-0.2, -0.15) is 0 Å². The first-order chi connectivity index (χ1) is 8.01. The molecule has 1 aliphatic heterocycles. The molecule has 1 saturated heterocycles. The summed E-state index contributed by atoms with van der Waals surface area (Å²) in [7, 11) is 0. The fourth-order valence-corrected chi connectivity index (χ4v) is 2.19. The fraction of sp³-hybridized carbons (Fsp3) is 0.571. The zero-order valence-electron chi connectivity index (χ0n) is 10.7. The maximum atomic E-state index is 13.2. The number of nitrogens with one attached hydrogen (secondary N) is 1. The zero-order chi connectivity index (χ0) is 12.5. The Kier molecular flexibility index (Phi) is 3.50. The van der Waals surface area contributed by atoms with Gasteiger partial charge in [0.1, 0.15) is 5.82 Å². The second-order valence-electron chi connectivity index (χ2n) is 5.10. The van der Waals surface area contributed by atoms with Gasteiger partial charge in [0.25, 0.3) is 0 Å². The van der Waals surface area contributed by atoms with E-state index < -0.39 is 0 Å². The summed E-state index contributed by atoms with van der Waals surface area (Å²) in [5.74, 6) is -0.173. The molecule has 1 N–H and O–H groups in total. The minimum atomic E-state index is -0.173. The van der Waals surface area contributed by atoms with E-state index in [1.807, 2.05) is 13.0 Å². The van der Waals surface area contributed by atoms with Crippen molar-refractivity contribution in [2.45, 2.75) is 45.4 Å². The Morgan fingerprint density at radius 3 is 2.94 bits per heavy atom. The highest BCUT2D eigenvalue weighted by Crippen LogP contribution is 2.25. The van der Waals surface area contributed by atoms with E-state index in [2.05, 4.69) is 19.2 Å². The van der Waals surface area contributed by atoms with E-state index in [9.17, 15) is 4.39 Å². The van der Waals surface area contributed by atoms with Crippen LogP contribution >= 0.6 is 0 Å². The van der Waals surface area contributed by atoms with Gasteiger partial charge < -0.3 is 10.1 Å². The van der Waals surface area contributed by atoms with Crippen molar-refractivity contribution in [1.82, 2.24) is 5.32 Å². The number of halogens is 1. The lowest BCUT2D eigenvalue weighted by Gasteiger charge is -2.29. The Hall–Kier alpha value is -0.930. The average Bonchev–Trinajstić information content (AvgIpc) is 2.61. The molecule has 1 aliphatic rings. The maximum absolute atomic E-state index is 13.2. The molecule has 1 aromatic rings. The standard InChI is InChI=1S/C14H20FNO/c1-10-4-5-13(15)8-12(10)9-16-14(3)6-7-17-11(14)2/h4-5,8,11,16H,6-7,9H2,1-3H3. The Balaban J connectivity index is 2.04. The Labute approximate surface area is 102 Å². The predicted molar refractivity (Wildman–Crippen MR) is 66.4 cm³/mol. The Morgan fingerprint density at radius 2 is 2.29 bits per heavy atom. The number of hydrogen-bond acceptors (Lipinski definition) is 2. The molecule has 2 nitrogen and oxygen atoms in total. The molecule has 0 saturated carbocycles.